The molecule has 2 aromatic rings. The van der Waals surface area contributed by atoms with Crippen molar-refractivity contribution in [2.24, 2.45) is 22.8 Å². The summed E-state index contributed by atoms with van der Waals surface area (Å²) in [6.45, 7) is 3.71. The summed E-state index contributed by atoms with van der Waals surface area (Å²) in [6, 6.07) is 3.39. The summed E-state index contributed by atoms with van der Waals surface area (Å²) >= 11 is 0. The van der Waals surface area contributed by atoms with E-state index in [9.17, 15) is 45.8 Å². The molecular weight excluding hydrogens is 642 g/mol. The summed E-state index contributed by atoms with van der Waals surface area (Å²) in [5, 5.41) is 26.4. The zero-order valence-electron chi connectivity index (χ0n) is 25.5. The van der Waals surface area contributed by atoms with E-state index < -0.39 is 47.8 Å². The molecule has 2 aliphatic carbocycles. The molecule has 1 aromatic heterocycles. The number of carboxylic acids is 2. The van der Waals surface area contributed by atoms with Gasteiger partial charge in [-0.05, 0) is 74.5 Å². The lowest BCUT2D eigenvalue weighted by molar-refractivity contribution is -0.192. The van der Waals surface area contributed by atoms with E-state index in [0.29, 0.717) is 55.6 Å². The number of carbonyl (C=O) groups is 4. The van der Waals surface area contributed by atoms with E-state index in [0.717, 1.165) is 0 Å². The van der Waals surface area contributed by atoms with Crippen LogP contribution in [0.15, 0.2) is 18.2 Å². The molecule has 1 fully saturated rings. The predicted molar refractivity (Wildman–Crippen MR) is 155 cm³/mol. The highest BCUT2D eigenvalue weighted by molar-refractivity contribution is 5.99. The molecule has 12 nitrogen and oxygen atoms in total. The van der Waals surface area contributed by atoms with Crippen LogP contribution >= 0.6 is 0 Å². The summed E-state index contributed by atoms with van der Waals surface area (Å²) in [5.74, 6) is -5.43. The predicted octanol–water partition coefficient (Wildman–Crippen LogP) is 3.64. The third-order valence-corrected chi connectivity index (χ3v) is 8.18. The van der Waals surface area contributed by atoms with Crippen molar-refractivity contribution in [3.63, 3.8) is 0 Å². The molecule has 0 saturated heterocycles. The number of nitrogens with one attached hydrogen (secondary N) is 2. The van der Waals surface area contributed by atoms with Crippen LogP contribution in [-0.2, 0) is 33.4 Å². The first-order chi connectivity index (χ1) is 21.6. The van der Waals surface area contributed by atoms with Crippen LogP contribution in [0, 0.1) is 11.3 Å². The maximum atomic E-state index is 13.9. The summed E-state index contributed by atoms with van der Waals surface area (Å²) in [7, 11) is 0. The number of rotatable bonds is 8. The minimum Gasteiger partial charge on any atom is -0.480 e. The first kappa shape index (κ1) is 37.1. The van der Waals surface area contributed by atoms with E-state index in [1.165, 1.54) is 16.8 Å². The Kier molecular flexibility index (Phi) is 11.2. The number of halogens is 6. The molecule has 47 heavy (non-hydrogen) atoms. The molecule has 2 amide bonds. The Morgan fingerprint density at radius 1 is 1.06 bits per heavy atom. The first-order valence-electron chi connectivity index (χ1n) is 14.6. The molecule has 1 atom stereocenters. The number of benzene rings is 1. The third kappa shape index (κ3) is 9.36. The van der Waals surface area contributed by atoms with Crippen molar-refractivity contribution in [2.45, 2.75) is 83.2 Å². The van der Waals surface area contributed by atoms with Crippen LogP contribution in [0.25, 0.3) is 5.69 Å². The van der Waals surface area contributed by atoms with Gasteiger partial charge in [-0.25, -0.2) is 14.3 Å². The Morgan fingerprint density at radius 2 is 1.66 bits per heavy atom. The van der Waals surface area contributed by atoms with E-state index in [4.69, 9.17) is 21.4 Å². The monoisotopic (exact) mass is 678 g/mol. The lowest BCUT2D eigenvalue weighted by Gasteiger charge is -2.33. The second kappa shape index (κ2) is 14.2. The number of anilines is 1. The summed E-state index contributed by atoms with van der Waals surface area (Å²) in [6.07, 6.45) is -6.32. The normalized spacial score (nSPS) is 19.8. The van der Waals surface area contributed by atoms with E-state index in [1.807, 2.05) is 13.8 Å². The van der Waals surface area contributed by atoms with Gasteiger partial charge in [-0.3, -0.25) is 9.59 Å². The van der Waals surface area contributed by atoms with Gasteiger partial charge in [0.15, 0.2) is 5.69 Å². The molecule has 1 unspecified atom stereocenters. The van der Waals surface area contributed by atoms with Crippen molar-refractivity contribution in [3.8, 4) is 5.69 Å². The van der Waals surface area contributed by atoms with Gasteiger partial charge in [0.05, 0.1) is 17.8 Å². The van der Waals surface area contributed by atoms with Gasteiger partial charge in [-0.1, -0.05) is 13.8 Å². The molecule has 0 spiro atoms. The molecule has 260 valence electrons. The number of fused-ring (bicyclic) bond motifs is 1. The van der Waals surface area contributed by atoms with Crippen molar-refractivity contribution in [1.29, 1.82) is 0 Å². The van der Waals surface area contributed by atoms with Crippen LogP contribution in [-0.4, -0.2) is 68.6 Å². The maximum Gasteiger partial charge on any atom is 0.490 e. The number of nitrogens with two attached hydrogens (primary N) is 2. The Morgan fingerprint density at radius 3 is 2.15 bits per heavy atom. The summed E-state index contributed by atoms with van der Waals surface area (Å²) < 4.78 is 74.7. The standard InChI is InChI=1S/C27H35F3N6O4.C2HF3O2/c1-26(2)10-9-18-20(12-26)36(35-23(18)27(28,29)30)16-7-8-17(24(32)38)19(11-16)33-15-5-3-14(4-6-15)22(25(39)40)34-21(37)13-31;3-2(4,5)1(6)7/h7-8,11,14-15,22,33H,3-6,9-10,12-13,31H2,1-2H3,(H2,32,38)(H,34,37)(H,39,40);(H,6,7)/t14-,15-,22?;. The number of aliphatic carboxylic acids is 2. The van der Waals surface area contributed by atoms with Crippen LogP contribution < -0.4 is 22.1 Å². The fourth-order valence-corrected chi connectivity index (χ4v) is 5.80. The fourth-order valence-electron chi connectivity index (χ4n) is 5.80. The highest BCUT2D eigenvalue weighted by Crippen LogP contribution is 2.42. The van der Waals surface area contributed by atoms with Crippen LogP contribution in [0.1, 0.15) is 73.3 Å². The highest BCUT2D eigenvalue weighted by Gasteiger charge is 2.42. The minimum absolute atomic E-state index is 0.152. The van der Waals surface area contributed by atoms with E-state index >= 15 is 0 Å². The van der Waals surface area contributed by atoms with Crippen molar-refractivity contribution in [3.05, 3.63) is 40.7 Å². The Labute approximate surface area is 264 Å². The van der Waals surface area contributed by atoms with Crippen molar-refractivity contribution < 1.29 is 55.7 Å². The third-order valence-electron chi connectivity index (χ3n) is 8.18. The molecule has 0 aliphatic heterocycles. The second-order valence-corrected chi connectivity index (χ2v) is 12.3. The molecule has 0 radical (unpaired) electrons. The van der Waals surface area contributed by atoms with Gasteiger partial charge < -0.3 is 32.3 Å². The molecule has 0 bridgehead atoms. The average Bonchev–Trinajstić information content (AvgIpc) is 3.34. The van der Waals surface area contributed by atoms with Gasteiger partial charge >= 0.3 is 24.3 Å². The van der Waals surface area contributed by atoms with Gasteiger partial charge in [0, 0.05) is 23.0 Å². The Balaban J connectivity index is 0.000000771. The minimum atomic E-state index is -5.08. The van der Waals surface area contributed by atoms with Crippen LogP contribution in [0.3, 0.4) is 0 Å². The number of amides is 2. The number of hydrogen-bond donors (Lipinski definition) is 6. The van der Waals surface area contributed by atoms with Crippen molar-refractivity contribution >= 4 is 29.4 Å². The van der Waals surface area contributed by atoms with Gasteiger partial charge in [0.2, 0.25) is 5.91 Å². The molecule has 1 heterocycles. The topological polar surface area (TPSA) is 203 Å². The quantitative estimate of drug-likeness (QED) is 0.225. The van der Waals surface area contributed by atoms with Crippen LogP contribution in [0.5, 0.6) is 0 Å². The molecule has 1 aromatic carbocycles. The number of alkyl halides is 6. The van der Waals surface area contributed by atoms with Gasteiger partial charge in [0.1, 0.15) is 6.04 Å². The summed E-state index contributed by atoms with van der Waals surface area (Å²) in [5.41, 5.74) is 11.5. The average molecular weight is 679 g/mol. The Bertz CT molecular complexity index is 1500. The zero-order valence-corrected chi connectivity index (χ0v) is 25.5. The number of aromatic nitrogens is 2. The number of carboxylic acid groups (broad SMARTS) is 2. The van der Waals surface area contributed by atoms with Gasteiger partial charge in [-0.2, -0.15) is 31.4 Å². The lowest BCUT2D eigenvalue weighted by Crippen LogP contribution is -2.49. The van der Waals surface area contributed by atoms with Crippen molar-refractivity contribution in [1.82, 2.24) is 15.1 Å². The number of hydrogen-bond acceptors (Lipinski definition) is 7. The van der Waals surface area contributed by atoms with Crippen LogP contribution in [0.2, 0.25) is 0 Å². The molecule has 1 saturated carbocycles. The lowest BCUT2D eigenvalue weighted by atomic mass is 9.76. The molecule has 2 aliphatic rings. The Hall–Kier alpha value is -4.35. The highest BCUT2D eigenvalue weighted by atomic mass is 19.4. The largest absolute Gasteiger partial charge is 0.490 e. The first-order valence-corrected chi connectivity index (χ1v) is 14.6. The molecule has 18 heteroatoms. The van der Waals surface area contributed by atoms with E-state index in [1.54, 1.807) is 6.07 Å². The number of primary amides is 1. The van der Waals surface area contributed by atoms with Crippen molar-refractivity contribution in [2.75, 3.05) is 11.9 Å². The van der Waals surface area contributed by atoms with Gasteiger partial charge in [-0.15, -0.1) is 0 Å². The maximum absolute atomic E-state index is 13.9. The summed E-state index contributed by atoms with van der Waals surface area (Å²) in [4.78, 5) is 44.5. The zero-order chi connectivity index (χ0) is 35.5. The van der Waals surface area contributed by atoms with Gasteiger partial charge in [0.25, 0.3) is 5.91 Å². The second-order valence-electron chi connectivity index (χ2n) is 12.3. The van der Waals surface area contributed by atoms with Crippen LogP contribution in [0.4, 0.5) is 32.0 Å². The fraction of sp³-hybridized carbons (Fsp3) is 0.552. The smallest absolute Gasteiger partial charge is 0.480 e. The molecule has 4 rings (SSSR count). The molecule has 8 N–H and O–H groups in total. The SMILES string of the molecule is CC1(C)CCc2c(C(F)(F)F)nn(-c3ccc(C(N)=O)c(N[C@H]4CC[C@H](C(NC(=O)CN)C(=O)O)CC4)c3)c2C1.O=C(O)C(F)(F)F. The number of nitrogens with zero attached hydrogens (tertiary/aromatic N) is 2. The molecular formula is C29H36F6N6O6. The van der Waals surface area contributed by atoms with E-state index in [2.05, 4.69) is 15.7 Å². The van der Waals surface area contributed by atoms with E-state index in [-0.39, 0.29) is 41.5 Å². The number of carbonyl (C=O) groups excluding carboxylic acids is 2.